The maximum absolute atomic E-state index is 12.1. The van der Waals surface area contributed by atoms with Crippen molar-refractivity contribution in [1.29, 1.82) is 0 Å². The van der Waals surface area contributed by atoms with Crippen molar-refractivity contribution in [2.75, 3.05) is 27.7 Å². The zero-order chi connectivity index (χ0) is 18.3. The van der Waals surface area contributed by atoms with Crippen molar-refractivity contribution in [1.82, 2.24) is 24.7 Å². The normalized spacial score (nSPS) is 12.6. The molecule has 8 nitrogen and oxygen atoms in total. The van der Waals surface area contributed by atoms with Crippen LogP contribution in [-0.4, -0.2) is 56.2 Å². The molecule has 0 fully saturated rings. The molecule has 0 amide bonds. The topological polar surface area (TPSA) is 91.6 Å². The van der Waals surface area contributed by atoms with E-state index in [0.717, 1.165) is 24.4 Å². The van der Waals surface area contributed by atoms with Crippen LogP contribution in [0, 0.1) is 0 Å². The first-order chi connectivity index (χ1) is 11.9. The van der Waals surface area contributed by atoms with Crippen molar-refractivity contribution in [2.24, 2.45) is 4.99 Å². The number of nitrogens with zero attached hydrogens (tertiary/aromatic N) is 4. The molecule has 10 heteroatoms. The van der Waals surface area contributed by atoms with Gasteiger partial charge in [0.05, 0.1) is 6.54 Å². The lowest BCUT2D eigenvalue weighted by Crippen LogP contribution is -2.37. The van der Waals surface area contributed by atoms with Crippen LogP contribution >= 0.6 is 11.3 Å². The van der Waals surface area contributed by atoms with Gasteiger partial charge >= 0.3 is 0 Å². The number of aliphatic imine (C=N–C) groups is 1. The lowest BCUT2D eigenvalue weighted by Gasteiger charge is -2.11. The molecular weight excluding hydrogens is 360 g/mol. The van der Waals surface area contributed by atoms with E-state index in [-0.39, 0.29) is 0 Å². The van der Waals surface area contributed by atoms with E-state index < -0.39 is 10.0 Å². The number of thiophene rings is 1. The second kappa shape index (κ2) is 8.97. The van der Waals surface area contributed by atoms with Crippen LogP contribution in [0.2, 0.25) is 0 Å². The second-order valence-electron chi connectivity index (χ2n) is 5.48. The minimum atomic E-state index is -3.37. The average Bonchev–Trinajstić information content (AvgIpc) is 3.26. The summed E-state index contributed by atoms with van der Waals surface area (Å²) in [4.78, 5) is 5.10. The Hall–Kier alpha value is -1.91. The Bertz CT molecular complexity index is 781. The van der Waals surface area contributed by atoms with E-state index in [9.17, 15) is 8.42 Å². The van der Waals surface area contributed by atoms with Gasteiger partial charge in [-0.3, -0.25) is 9.67 Å². The van der Waals surface area contributed by atoms with Crippen molar-refractivity contribution in [3.8, 4) is 0 Å². The lowest BCUT2D eigenvalue weighted by molar-refractivity contribution is 0.523. The van der Waals surface area contributed by atoms with Crippen LogP contribution in [0.3, 0.4) is 0 Å². The maximum Gasteiger partial charge on any atom is 0.252 e. The van der Waals surface area contributed by atoms with E-state index in [1.165, 1.54) is 29.7 Å². The van der Waals surface area contributed by atoms with Gasteiger partial charge in [0.15, 0.2) is 5.96 Å². The first-order valence-electron chi connectivity index (χ1n) is 7.86. The number of guanidine groups is 1. The molecule has 0 aliphatic carbocycles. The molecule has 0 aliphatic heterocycles. The summed E-state index contributed by atoms with van der Waals surface area (Å²) < 4.78 is 27.6. The number of rotatable bonds is 8. The number of sulfonamides is 1. The third kappa shape index (κ3) is 5.55. The molecule has 0 unspecified atom stereocenters. The van der Waals surface area contributed by atoms with Crippen molar-refractivity contribution in [3.63, 3.8) is 0 Å². The van der Waals surface area contributed by atoms with Crippen LogP contribution in [0.5, 0.6) is 0 Å². The highest BCUT2D eigenvalue weighted by Gasteiger charge is 2.19. The third-order valence-corrected chi connectivity index (χ3v) is 6.81. The summed E-state index contributed by atoms with van der Waals surface area (Å²) in [5, 5.41) is 10.6. The summed E-state index contributed by atoms with van der Waals surface area (Å²) >= 11 is 1.26. The lowest BCUT2D eigenvalue weighted by atomic mass is 10.4. The molecule has 25 heavy (non-hydrogen) atoms. The van der Waals surface area contributed by atoms with Crippen LogP contribution in [0.4, 0.5) is 0 Å². The molecule has 0 spiro atoms. The predicted molar refractivity (Wildman–Crippen MR) is 100 cm³/mol. The molecule has 2 N–H and O–H groups in total. The number of aryl methyl sites for hydroxylation is 1. The molecular formula is C15H24N6O2S2. The Morgan fingerprint density at radius 1 is 1.36 bits per heavy atom. The monoisotopic (exact) mass is 384 g/mol. The highest BCUT2D eigenvalue weighted by atomic mass is 32.2. The van der Waals surface area contributed by atoms with Gasteiger partial charge in [-0.15, -0.1) is 11.3 Å². The van der Waals surface area contributed by atoms with Gasteiger partial charge in [0.1, 0.15) is 4.21 Å². The Balaban J connectivity index is 1.78. The van der Waals surface area contributed by atoms with Crippen molar-refractivity contribution in [3.05, 3.63) is 35.5 Å². The van der Waals surface area contributed by atoms with E-state index in [1.54, 1.807) is 19.3 Å². The van der Waals surface area contributed by atoms with Gasteiger partial charge in [0, 0.05) is 51.5 Å². The van der Waals surface area contributed by atoms with E-state index in [1.807, 2.05) is 23.0 Å². The zero-order valence-electron chi connectivity index (χ0n) is 14.6. The average molecular weight is 385 g/mol. The first-order valence-corrected chi connectivity index (χ1v) is 10.1. The van der Waals surface area contributed by atoms with Crippen LogP contribution in [-0.2, 0) is 23.1 Å². The van der Waals surface area contributed by atoms with Gasteiger partial charge in [0.2, 0.25) is 0 Å². The van der Waals surface area contributed by atoms with Crippen LogP contribution < -0.4 is 10.6 Å². The Morgan fingerprint density at radius 3 is 2.80 bits per heavy atom. The summed E-state index contributed by atoms with van der Waals surface area (Å²) in [5.41, 5.74) is 0. The predicted octanol–water partition coefficient (Wildman–Crippen LogP) is 0.950. The highest BCUT2D eigenvalue weighted by Crippen LogP contribution is 2.23. The van der Waals surface area contributed by atoms with E-state index in [2.05, 4.69) is 20.7 Å². The fourth-order valence-electron chi connectivity index (χ4n) is 2.04. The molecule has 0 atom stereocenters. The summed E-state index contributed by atoms with van der Waals surface area (Å²) in [6.45, 7) is 2.13. The highest BCUT2D eigenvalue weighted by molar-refractivity contribution is 7.91. The van der Waals surface area contributed by atoms with Crippen molar-refractivity contribution in [2.45, 2.75) is 23.7 Å². The molecule has 2 aromatic heterocycles. The molecule has 2 heterocycles. The standard InChI is InChI=1S/C15H24N6O2S2/c1-16-15(17-8-4-10-21-11-5-9-19-21)18-12-13-6-7-14(24-13)25(22,23)20(2)3/h5-7,9,11H,4,8,10,12H2,1-3H3,(H2,16,17,18). The summed E-state index contributed by atoms with van der Waals surface area (Å²) in [6.07, 6.45) is 4.62. The maximum atomic E-state index is 12.1. The van der Waals surface area contributed by atoms with Gasteiger partial charge in [0.25, 0.3) is 10.0 Å². The van der Waals surface area contributed by atoms with Gasteiger partial charge in [-0.1, -0.05) is 0 Å². The molecule has 2 aromatic rings. The molecule has 138 valence electrons. The second-order valence-corrected chi connectivity index (χ2v) is 9.03. The van der Waals surface area contributed by atoms with Gasteiger partial charge in [-0.05, 0) is 24.6 Å². The van der Waals surface area contributed by atoms with Crippen LogP contribution in [0.1, 0.15) is 11.3 Å². The van der Waals surface area contributed by atoms with E-state index in [0.29, 0.717) is 16.7 Å². The van der Waals surface area contributed by atoms with Crippen molar-refractivity contribution >= 4 is 27.3 Å². The smallest absolute Gasteiger partial charge is 0.252 e. The number of nitrogens with one attached hydrogen (secondary N) is 2. The molecule has 0 aromatic carbocycles. The molecule has 0 saturated heterocycles. The Kier molecular flexibility index (Phi) is 6.97. The third-order valence-electron chi connectivity index (χ3n) is 3.44. The molecule has 0 saturated carbocycles. The van der Waals surface area contributed by atoms with Crippen LogP contribution in [0.25, 0.3) is 0 Å². The quantitative estimate of drug-likeness (QED) is 0.402. The minimum Gasteiger partial charge on any atom is -0.356 e. The molecule has 0 bridgehead atoms. The van der Waals surface area contributed by atoms with Gasteiger partial charge in [-0.25, -0.2) is 12.7 Å². The number of hydrogen-bond acceptors (Lipinski definition) is 5. The van der Waals surface area contributed by atoms with E-state index in [4.69, 9.17) is 0 Å². The summed E-state index contributed by atoms with van der Waals surface area (Å²) in [7, 11) is 1.40. The van der Waals surface area contributed by atoms with Crippen molar-refractivity contribution < 1.29 is 8.42 Å². The fourth-order valence-corrected chi connectivity index (χ4v) is 4.51. The summed E-state index contributed by atoms with van der Waals surface area (Å²) in [6, 6.07) is 5.36. The SMILES string of the molecule is CN=C(NCCCn1cccn1)NCc1ccc(S(=O)(=O)N(C)C)s1. The van der Waals surface area contributed by atoms with Gasteiger partial charge in [-0.2, -0.15) is 5.10 Å². The molecule has 2 rings (SSSR count). The largest absolute Gasteiger partial charge is 0.356 e. The first kappa shape index (κ1) is 19.4. The zero-order valence-corrected chi connectivity index (χ0v) is 16.3. The van der Waals surface area contributed by atoms with Gasteiger partial charge < -0.3 is 10.6 Å². The molecule has 0 radical (unpaired) electrons. The Morgan fingerprint density at radius 2 is 2.16 bits per heavy atom. The molecule has 0 aliphatic rings. The van der Waals surface area contributed by atoms with E-state index >= 15 is 0 Å². The Labute approximate surface area is 152 Å². The minimum absolute atomic E-state index is 0.344. The van der Waals surface area contributed by atoms with Crippen LogP contribution in [0.15, 0.2) is 39.8 Å². The number of hydrogen-bond donors (Lipinski definition) is 2. The fraction of sp³-hybridized carbons (Fsp3) is 0.467. The summed E-state index contributed by atoms with van der Waals surface area (Å²) in [5.74, 6) is 0.686. The number of aromatic nitrogens is 2.